The van der Waals surface area contributed by atoms with Crippen LogP contribution in [0.1, 0.15) is 28.3 Å². The number of H-pyrrole nitrogens is 1. The van der Waals surface area contributed by atoms with Crippen LogP contribution in [0.4, 0.5) is 0 Å². The van der Waals surface area contributed by atoms with Gasteiger partial charge in [-0.15, -0.1) is 0 Å². The Morgan fingerprint density at radius 1 is 0.808 bits per heavy atom. The molecule has 1 aliphatic rings. The summed E-state index contributed by atoms with van der Waals surface area (Å²) < 4.78 is 6.16. The van der Waals surface area contributed by atoms with Crippen LogP contribution in [0.25, 0.3) is 10.9 Å². The number of aromatic amines is 1. The molecule has 3 N–H and O–H groups in total. The van der Waals surface area contributed by atoms with Crippen molar-refractivity contribution in [1.29, 1.82) is 0 Å². The van der Waals surface area contributed by atoms with Gasteiger partial charge >= 0.3 is 0 Å². The normalized spacial score (nSPS) is 13.3. The summed E-state index contributed by atoms with van der Waals surface area (Å²) in [6.45, 7) is 0.626. The first kappa shape index (κ1) is 15.2. The molecule has 128 valence electrons. The van der Waals surface area contributed by atoms with E-state index in [1.54, 1.807) is 0 Å². The van der Waals surface area contributed by atoms with Crippen molar-refractivity contribution in [2.75, 3.05) is 6.54 Å². The van der Waals surface area contributed by atoms with Crippen LogP contribution < -0.4 is 10.5 Å². The summed E-state index contributed by atoms with van der Waals surface area (Å²) in [5.41, 5.74) is 12.0. The van der Waals surface area contributed by atoms with E-state index in [0.29, 0.717) is 6.54 Å². The molecule has 3 heteroatoms. The molecule has 0 saturated heterocycles. The lowest BCUT2D eigenvalue weighted by atomic mass is 9.83. The molecule has 3 nitrogen and oxygen atoms in total. The molecule has 2 heterocycles. The molecule has 0 radical (unpaired) electrons. The Morgan fingerprint density at radius 3 is 2.12 bits per heavy atom. The number of nitrogens with one attached hydrogen (secondary N) is 1. The van der Waals surface area contributed by atoms with Crippen molar-refractivity contribution >= 4 is 10.9 Å². The van der Waals surface area contributed by atoms with Crippen LogP contribution in [-0.2, 0) is 6.42 Å². The number of ether oxygens (including phenoxy) is 1. The van der Waals surface area contributed by atoms with Crippen LogP contribution in [0, 0.1) is 0 Å². The Bertz CT molecular complexity index is 1050. The minimum absolute atomic E-state index is 0.116. The number of hydrogen-bond donors (Lipinski definition) is 2. The topological polar surface area (TPSA) is 51.0 Å². The summed E-state index contributed by atoms with van der Waals surface area (Å²) in [5, 5.41) is 1.26. The standard InChI is InChI=1S/C23H20N2O/c24-14-13-16-15-7-1-4-10-19(15)25-23(16)22-17-8-2-5-11-20(17)26-21-12-6-3-9-18(21)22/h1-12,22,25H,13-14,24H2. The first-order valence-corrected chi connectivity index (χ1v) is 9.02. The number of aromatic nitrogens is 1. The average Bonchev–Trinajstić information content (AvgIpc) is 3.04. The zero-order valence-electron chi connectivity index (χ0n) is 14.4. The van der Waals surface area contributed by atoms with E-state index in [2.05, 4.69) is 53.5 Å². The third-order valence-electron chi connectivity index (χ3n) is 5.21. The predicted octanol–water partition coefficient (Wildman–Crippen LogP) is 4.96. The Morgan fingerprint density at radius 2 is 1.42 bits per heavy atom. The van der Waals surface area contributed by atoms with Gasteiger partial charge in [0.15, 0.2) is 0 Å². The van der Waals surface area contributed by atoms with E-state index in [4.69, 9.17) is 10.5 Å². The highest BCUT2D eigenvalue weighted by Crippen LogP contribution is 2.48. The van der Waals surface area contributed by atoms with Crippen molar-refractivity contribution in [3.8, 4) is 11.5 Å². The fraction of sp³-hybridized carbons (Fsp3) is 0.130. The summed E-state index contributed by atoms with van der Waals surface area (Å²) in [4.78, 5) is 3.69. The lowest BCUT2D eigenvalue weighted by molar-refractivity contribution is 0.452. The van der Waals surface area contributed by atoms with Gasteiger partial charge in [-0.3, -0.25) is 0 Å². The Balaban J connectivity index is 1.81. The molecular weight excluding hydrogens is 320 g/mol. The minimum Gasteiger partial charge on any atom is -0.457 e. The van der Waals surface area contributed by atoms with Gasteiger partial charge in [-0.2, -0.15) is 0 Å². The van der Waals surface area contributed by atoms with Gasteiger partial charge in [0.25, 0.3) is 0 Å². The Labute approximate surface area is 152 Å². The van der Waals surface area contributed by atoms with Gasteiger partial charge in [0.2, 0.25) is 0 Å². The van der Waals surface area contributed by atoms with Crippen molar-refractivity contribution in [3.05, 3.63) is 95.2 Å². The zero-order chi connectivity index (χ0) is 17.5. The SMILES string of the molecule is NCCc1c(C2c3ccccc3Oc3ccccc32)[nH]c2ccccc12. The molecule has 0 aliphatic carbocycles. The van der Waals surface area contributed by atoms with Crippen LogP contribution in [0.2, 0.25) is 0 Å². The molecule has 4 aromatic rings. The van der Waals surface area contributed by atoms with Crippen molar-refractivity contribution in [1.82, 2.24) is 4.98 Å². The highest BCUT2D eigenvalue weighted by molar-refractivity contribution is 5.85. The lowest BCUT2D eigenvalue weighted by Gasteiger charge is -2.28. The van der Waals surface area contributed by atoms with E-state index < -0.39 is 0 Å². The van der Waals surface area contributed by atoms with E-state index in [1.807, 2.05) is 24.3 Å². The maximum Gasteiger partial charge on any atom is 0.131 e. The summed E-state index contributed by atoms with van der Waals surface area (Å²) in [6.07, 6.45) is 0.848. The van der Waals surface area contributed by atoms with Gasteiger partial charge in [-0.05, 0) is 36.7 Å². The molecule has 0 saturated carbocycles. The number of nitrogens with two attached hydrogens (primary N) is 1. The molecule has 0 atom stereocenters. The number of hydrogen-bond acceptors (Lipinski definition) is 2. The summed E-state index contributed by atoms with van der Waals surface area (Å²) >= 11 is 0. The zero-order valence-corrected chi connectivity index (χ0v) is 14.4. The number of fused-ring (bicyclic) bond motifs is 3. The van der Waals surface area contributed by atoms with Crippen LogP contribution >= 0.6 is 0 Å². The lowest BCUT2D eigenvalue weighted by Crippen LogP contribution is -2.14. The molecule has 0 unspecified atom stereocenters. The molecule has 0 spiro atoms. The van der Waals surface area contributed by atoms with E-state index >= 15 is 0 Å². The van der Waals surface area contributed by atoms with Crippen LogP contribution in [0.3, 0.4) is 0 Å². The van der Waals surface area contributed by atoms with Crippen molar-refractivity contribution in [3.63, 3.8) is 0 Å². The number of rotatable bonds is 3. The third-order valence-corrected chi connectivity index (χ3v) is 5.21. The minimum atomic E-state index is 0.116. The van der Waals surface area contributed by atoms with E-state index in [9.17, 15) is 0 Å². The fourth-order valence-corrected chi connectivity index (χ4v) is 4.10. The maximum absolute atomic E-state index is 6.16. The molecule has 0 fully saturated rings. The molecule has 5 rings (SSSR count). The number of para-hydroxylation sites is 3. The fourth-order valence-electron chi connectivity index (χ4n) is 4.10. The van der Waals surface area contributed by atoms with Gasteiger partial charge < -0.3 is 15.5 Å². The summed E-state index contributed by atoms with van der Waals surface area (Å²) in [7, 11) is 0. The van der Waals surface area contributed by atoms with Gasteiger partial charge in [0, 0.05) is 27.7 Å². The highest BCUT2D eigenvalue weighted by Gasteiger charge is 2.31. The van der Waals surface area contributed by atoms with E-state index in [-0.39, 0.29) is 5.92 Å². The average molecular weight is 340 g/mol. The van der Waals surface area contributed by atoms with Gasteiger partial charge in [-0.1, -0.05) is 54.6 Å². The maximum atomic E-state index is 6.16. The summed E-state index contributed by atoms with van der Waals surface area (Å²) in [6, 6.07) is 25.1. The number of benzene rings is 3. The molecular formula is C23H20N2O. The van der Waals surface area contributed by atoms with Crippen molar-refractivity contribution < 1.29 is 4.74 Å². The third kappa shape index (κ3) is 2.25. The van der Waals surface area contributed by atoms with Crippen molar-refractivity contribution in [2.45, 2.75) is 12.3 Å². The highest BCUT2D eigenvalue weighted by atomic mass is 16.5. The monoisotopic (exact) mass is 340 g/mol. The van der Waals surface area contributed by atoms with Crippen molar-refractivity contribution in [2.24, 2.45) is 5.73 Å². The first-order chi connectivity index (χ1) is 12.9. The van der Waals surface area contributed by atoms with Crippen LogP contribution in [0.15, 0.2) is 72.8 Å². The second-order valence-electron chi connectivity index (χ2n) is 6.71. The quantitative estimate of drug-likeness (QED) is 0.488. The smallest absolute Gasteiger partial charge is 0.131 e. The van der Waals surface area contributed by atoms with Gasteiger partial charge in [0.1, 0.15) is 11.5 Å². The largest absolute Gasteiger partial charge is 0.457 e. The Kier molecular flexibility index (Phi) is 3.54. The Hall–Kier alpha value is -3.04. The van der Waals surface area contributed by atoms with E-state index in [0.717, 1.165) is 23.4 Å². The molecule has 1 aliphatic heterocycles. The molecule has 0 amide bonds. The van der Waals surface area contributed by atoms with E-state index in [1.165, 1.54) is 27.8 Å². The molecule has 0 bridgehead atoms. The second kappa shape index (κ2) is 6.04. The van der Waals surface area contributed by atoms with Gasteiger partial charge in [-0.25, -0.2) is 0 Å². The molecule has 3 aromatic carbocycles. The van der Waals surface area contributed by atoms with Gasteiger partial charge in [0.05, 0.1) is 5.92 Å². The second-order valence-corrected chi connectivity index (χ2v) is 6.71. The first-order valence-electron chi connectivity index (χ1n) is 9.02. The predicted molar refractivity (Wildman–Crippen MR) is 105 cm³/mol. The molecule has 1 aromatic heterocycles. The molecule has 26 heavy (non-hydrogen) atoms. The van der Waals surface area contributed by atoms with Crippen LogP contribution in [-0.4, -0.2) is 11.5 Å². The summed E-state index contributed by atoms with van der Waals surface area (Å²) in [5.74, 6) is 1.97. The van der Waals surface area contributed by atoms with Crippen LogP contribution in [0.5, 0.6) is 11.5 Å².